The van der Waals surface area contributed by atoms with Gasteiger partial charge in [0.25, 0.3) is 0 Å². The minimum atomic E-state index is -4.11. The topological polar surface area (TPSA) is 35.8 Å². The number of hydrogen-bond acceptors (Lipinski definition) is 3. The first-order valence-corrected chi connectivity index (χ1v) is 6.63. The second-order valence-electron chi connectivity index (χ2n) is 4.87. The normalized spacial score (nSPS) is 17.9. The van der Waals surface area contributed by atoms with Crippen LogP contribution in [0.4, 0.5) is 18.9 Å². The fraction of sp³-hybridized carbons (Fsp3) is 0.500. The van der Waals surface area contributed by atoms with E-state index >= 15 is 0 Å². The van der Waals surface area contributed by atoms with Crippen LogP contribution >= 0.6 is 0 Å². The molecule has 0 saturated carbocycles. The molecule has 1 aromatic rings. The lowest BCUT2D eigenvalue weighted by molar-refractivity contribution is -0.135. The fourth-order valence-electron chi connectivity index (χ4n) is 2.49. The third-order valence-corrected chi connectivity index (χ3v) is 3.41. The molecule has 0 aromatic heterocycles. The Bertz CT molecular complexity index is 486. The lowest BCUT2D eigenvalue weighted by Gasteiger charge is -2.24. The summed E-state index contributed by atoms with van der Waals surface area (Å²) < 4.78 is 36.7. The van der Waals surface area contributed by atoms with Crippen LogP contribution in [0.5, 0.6) is 0 Å². The van der Waals surface area contributed by atoms with Gasteiger partial charge in [0.2, 0.25) is 0 Å². The number of halogens is 3. The van der Waals surface area contributed by atoms with Crippen LogP contribution in [0.25, 0.3) is 0 Å². The molecule has 0 fully saturated rings. The largest absolute Gasteiger partial charge is 0.411 e. The van der Waals surface area contributed by atoms with Gasteiger partial charge in [0, 0.05) is 30.8 Å². The lowest BCUT2D eigenvalue weighted by Crippen LogP contribution is -2.26. The van der Waals surface area contributed by atoms with Crippen LogP contribution in [0, 0.1) is 0 Å². The highest BCUT2D eigenvalue weighted by Gasteiger charge is 2.27. The molecule has 110 valence electrons. The summed E-state index contributed by atoms with van der Waals surface area (Å²) in [4.78, 5) is 1.94. The van der Waals surface area contributed by atoms with Crippen molar-refractivity contribution < 1.29 is 18.4 Å². The minimum Gasteiger partial charge on any atom is -0.411 e. The van der Waals surface area contributed by atoms with Gasteiger partial charge in [-0.05, 0) is 25.3 Å². The predicted molar refractivity (Wildman–Crippen MR) is 71.5 cm³/mol. The van der Waals surface area contributed by atoms with E-state index in [9.17, 15) is 13.2 Å². The minimum absolute atomic E-state index is 0.0729. The summed E-state index contributed by atoms with van der Waals surface area (Å²) in [6, 6.07) is 7.38. The second-order valence-corrected chi connectivity index (χ2v) is 4.87. The molecule has 0 atom stereocenters. The predicted octanol–water partition coefficient (Wildman–Crippen LogP) is 3.81. The van der Waals surface area contributed by atoms with Gasteiger partial charge >= 0.3 is 6.18 Å². The van der Waals surface area contributed by atoms with E-state index in [-0.39, 0.29) is 6.42 Å². The zero-order valence-corrected chi connectivity index (χ0v) is 11.0. The van der Waals surface area contributed by atoms with Gasteiger partial charge in [-0.15, -0.1) is 0 Å². The van der Waals surface area contributed by atoms with E-state index in [1.807, 2.05) is 29.2 Å². The Hall–Kier alpha value is -1.72. The average molecular weight is 286 g/mol. The number of anilines is 1. The Labute approximate surface area is 115 Å². The van der Waals surface area contributed by atoms with E-state index < -0.39 is 12.6 Å². The van der Waals surface area contributed by atoms with E-state index in [0.29, 0.717) is 25.2 Å². The summed E-state index contributed by atoms with van der Waals surface area (Å²) in [5, 5.41) is 12.4. The van der Waals surface area contributed by atoms with Crippen LogP contribution in [0.2, 0.25) is 0 Å². The third kappa shape index (κ3) is 3.65. The van der Waals surface area contributed by atoms with Gasteiger partial charge in [-0.1, -0.05) is 23.4 Å². The second kappa shape index (κ2) is 6.15. The van der Waals surface area contributed by atoms with Crippen molar-refractivity contribution in [3.63, 3.8) is 0 Å². The molecule has 0 saturated heterocycles. The zero-order valence-electron chi connectivity index (χ0n) is 11.0. The van der Waals surface area contributed by atoms with Crippen LogP contribution in [0.1, 0.15) is 31.2 Å². The summed E-state index contributed by atoms with van der Waals surface area (Å²) >= 11 is 0. The van der Waals surface area contributed by atoms with Gasteiger partial charge in [0.1, 0.15) is 0 Å². The van der Waals surface area contributed by atoms with Gasteiger partial charge in [-0.25, -0.2) is 0 Å². The quantitative estimate of drug-likeness (QED) is 0.677. The van der Waals surface area contributed by atoms with Gasteiger partial charge in [-0.2, -0.15) is 13.2 Å². The number of hydrogen-bond donors (Lipinski definition) is 1. The van der Waals surface area contributed by atoms with Crippen molar-refractivity contribution in [2.45, 2.75) is 31.9 Å². The molecule has 3 nitrogen and oxygen atoms in total. The molecule has 6 heteroatoms. The first-order valence-electron chi connectivity index (χ1n) is 6.63. The maximum Gasteiger partial charge on any atom is 0.389 e. The van der Waals surface area contributed by atoms with E-state index in [2.05, 4.69) is 5.16 Å². The molecule has 0 amide bonds. The highest BCUT2D eigenvalue weighted by Crippen LogP contribution is 2.28. The molecule has 1 N–H and O–H groups in total. The van der Waals surface area contributed by atoms with Crippen molar-refractivity contribution in [1.82, 2.24) is 0 Å². The van der Waals surface area contributed by atoms with Crippen LogP contribution < -0.4 is 4.90 Å². The molecule has 20 heavy (non-hydrogen) atoms. The van der Waals surface area contributed by atoms with Crippen molar-refractivity contribution in [2.75, 3.05) is 18.0 Å². The van der Waals surface area contributed by atoms with Gasteiger partial charge in [0.15, 0.2) is 0 Å². The summed E-state index contributed by atoms with van der Waals surface area (Å²) in [5.41, 5.74) is 2.25. The number of rotatable bonds is 3. The van der Waals surface area contributed by atoms with Gasteiger partial charge in [-0.3, -0.25) is 0 Å². The first-order chi connectivity index (χ1) is 9.51. The molecule has 0 aliphatic carbocycles. The Balaban J connectivity index is 2.14. The fourth-order valence-corrected chi connectivity index (χ4v) is 2.49. The number of fused-ring (bicyclic) bond motifs is 1. The molecule has 1 aliphatic heterocycles. The molecular formula is C14H17F3N2O. The molecular weight excluding hydrogens is 269 g/mol. The van der Waals surface area contributed by atoms with Crippen LogP contribution in [0.3, 0.4) is 0 Å². The molecule has 1 aliphatic rings. The summed E-state index contributed by atoms with van der Waals surface area (Å²) in [5.74, 6) is 0. The average Bonchev–Trinajstić information content (AvgIpc) is 2.57. The number of oxime groups is 1. The number of para-hydroxylation sites is 1. The Morgan fingerprint density at radius 1 is 1.25 bits per heavy atom. The maximum absolute atomic E-state index is 12.2. The van der Waals surface area contributed by atoms with E-state index in [1.54, 1.807) is 0 Å². The first kappa shape index (κ1) is 14.7. The third-order valence-electron chi connectivity index (χ3n) is 3.41. The highest BCUT2D eigenvalue weighted by atomic mass is 19.4. The van der Waals surface area contributed by atoms with E-state index in [1.165, 1.54) is 0 Å². The summed E-state index contributed by atoms with van der Waals surface area (Å²) in [7, 11) is 0. The van der Waals surface area contributed by atoms with Gasteiger partial charge < -0.3 is 10.1 Å². The lowest BCUT2D eigenvalue weighted by atomic mass is 10.1. The van der Waals surface area contributed by atoms with Crippen LogP contribution in [-0.2, 0) is 0 Å². The molecule has 0 spiro atoms. The SMILES string of the molecule is O/N=C1/CCCN(CCCC(F)(F)F)c2ccccc21. The summed E-state index contributed by atoms with van der Waals surface area (Å²) in [6.45, 7) is 1.03. The van der Waals surface area contributed by atoms with Crippen molar-refractivity contribution in [3.05, 3.63) is 29.8 Å². The number of benzene rings is 1. The number of alkyl halides is 3. The Morgan fingerprint density at radius 3 is 2.70 bits per heavy atom. The Morgan fingerprint density at radius 2 is 2.00 bits per heavy atom. The summed E-state index contributed by atoms with van der Waals surface area (Å²) in [6.07, 6.45) is -3.41. The number of nitrogens with zero attached hydrogens (tertiary/aromatic N) is 2. The molecule has 0 unspecified atom stereocenters. The Kier molecular flexibility index (Phi) is 4.52. The molecule has 1 heterocycles. The smallest absolute Gasteiger partial charge is 0.389 e. The van der Waals surface area contributed by atoms with Gasteiger partial charge in [0.05, 0.1) is 5.71 Å². The van der Waals surface area contributed by atoms with E-state index in [4.69, 9.17) is 5.21 Å². The highest BCUT2D eigenvalue weighted by molar-refractivity contribution is 6.05. The molecule has 2 rings (SSSR count). The molecule has 1 aromatic carbocycles. The van der Waals surface area contributed by atoms with Crippen LogP contribution in [0.15, 0.2) is 29.4 Å². The monoisotopic (exact) mass is 286 g/mol. The maximum atomic E-state index is 12.2. The van der Waals surface area contributed by atoms with Crippen LogP contribution in [-0.4, -0.2) is 30.2 Å². The standard InChI is InChI=1S/C14H17F3N2O/c15-14(16,17)8-4-10-19-9-3-6-12(18-20)11-5-1-2-7-13(11)19/h1-2,5,7,20H,3-4,6,8-10H2/b18-12-. The van der Waals surface area contributed by atoms with Crippen molar-refractivity contribution in [3.8, 4) is 0 Å². The van der Waals surface area contributed by atoms with Crippen molar-refractivity contribution in [1.29, 1.82) is 0 Å². The zero-order chi connectivity index (χ0) is 14.6. The van der Waals surface area contributed by atoms with E-state index in [0.717, 1.165) is 17.7 Å². The van der Waals surface area contributed by atoms with Crippen molar-refractivity contribution in [2.24, 2.45) is 5.16 Å². The molecule has 0 radical (unpaired) electrons. The molecule has 0 bridgehead atoms. The van der Waals surface area contributed by atoms with Crippen molar-refractivity contribution >= 4 is 11.4 Å².